The highest BCUT2D eigenvalue weighted by atomic mass is 19.1. The molecule has 0 saturated heterocycles. The Balaban J connectivity index is 1.38. The number of hydrogen-bond donors (Lipinski definition) is 4. The average Bonchev–Trinajstić information content (AvgIpc) is 3.61. The summed E-state index contributed by atoms with van der Waals surface area (Å²) >= 11 is 0. The molecule has 0 aliphatic carbocycles. The van der Waals surface area contributed by atoms with E-state index in [4.69, 9.17) is 4.98 Å². The second-order valence-corrected chi connectivity index (χ2v) is 12.0. The van der Waals surface area contributed by atoms with Crippen LogP contribution in [-0.2, 0) is 4.79 Å². The van der Waals surface area contributed by atoms with E-state index in [1.807, 2.05) is 25.1 Å². The summed E-state index contributed by atoms with van der Waals surface area (Å²) in [5, 5.41) is 13.4. The van der Waals surface area contributed by atoms with Crippen LogP contribution in [0.1, 0.15) is 20.8 Å². The van der Waals surface area contributed by atoms with Gasteiger partial charge in [0.1, 0.15) is 22.7 Å². The van der Waals surface area contributed by atoms with Gasteiger partial charge in [-0.1, -0.05) is 20.8 Å². The third-order valence-corrected chi connectivity index (χ3v) is 7.18. The Morgan fingerprint density at radius 3 is 2.51 bits per heavy atom. The van der Waals surface area contributed by atoms with E-state index in [1.165, 1.54) is 30.7 Å². The van der Waals surface area contributed by atoms with Crippen molar-refractivity contribution < 1.29 is 13.6 Å². The molecule has 45 heavy (non-hydrogen) atoms. The standard InChI is InChI=1S/C32H32F2N10O/c1-32(2,3)31(45)39-21-12-18(14-35-15-21)26-25(34)24-23(16-38-26)42-43-29(24)30-40-22-6-7-37-27(28(22)41-30)17-10-19(33)13-20(11-17)36-8-9-44(4)5/h6-7,10-16,36H,8-9H2,1-5H3,(H,39,45)(H,40,41)(H,42,43). The topological polar surface area (TPSA) is 140 Å². The lowest BCUT2D eigenvalue weighted by atomic mass is 9.95. The number of nitrogens with one attached hydrogen (secondary N) is 4. The van der Waals surface area contributed by atoms with Crippen molar-refractivity contribution in [3.05, 3.63) is 66.8 Å². The molecule has 0 aliphatic heterocycles. The van der Waals surface area contributed by atoms with Crippen molar-refractivity contribution in [1.29, 1.82) is 0 Å². The molecule has 13 heteroatoms. The van der Waals surface area contributed by atoms with Crippen molar-refractivity contribution >= 4 is 39.2 Å². The summed E-state index contributed by atoms with van der Waals surface area (Å²) in [4.78, 5) is 35.5. The molecule has 11 nitrogen and oxygen atoms in total. The van der Waals surface area contributed by atoms with Crippen LogP contribution >= 0.6 is 0 Å². The van der Waals surface area contributed by atoms with E-state index >= 15 is 4.39 Å². The van der Waals surface area contributed by atoms with Crippen molar-refractivity contribution in [3.8, 4) is 34.0 Å². The van der Waals surface area contributed by atoms with Gasteiger partial charge in [-0.3, -0.25) is 24.8 Å². The SMILES string of the molecule is CN(C)CCNc1cc(F)cc(-c2nccc3[nH]c(-c4n[nH]c5cnc(-c6cncc(NC(=O)C(C)(C)C)c6)c(F)c45)nc23)c1. The van der Waals surface area contributed by atoms with E-state index in [2.05, 4.69) is 40.8 Å². The summed E-state index contributed by atoms with van der Waals surface area (Å²) < 4.78 is 30.9. The van der Waals surface area contributed by atoms with Crippen LogP contribution in [0.25, 0.3) is 56.0 Å². The lowest BCUT2D eigenvalue weighted by Gasteiger charge is -2.17. The minimum atomic E-state index is -0.630. The smallest absolute Gasteiger partial charge is 0.229 e. The predicted octanol–water partition coefficient (Wildman–Crippen LogP) is 5.86. The molecule has 0 radical (unpaired) electrons. The number of carbonyl (C=O) groups is 1. The molecule has 230 valence electrons. The minimum absolute atomic E-state index is 0.0389. The molecule has 0 saturated carbocycles. The lowest BCUT2D eigenvalue weighted by molar-refractivity contribution is -0.123. The number of anilines is 2. The molecule has 0 unspecified atom stereocenters. The van der Waals surface area contributed by atoms with Crippen molar-refractivity contribution in [2.75, 3.05) is 37.8 Å². The Bertz CT molecular complexity index is 2040. The molecule has 6 aromatic rings. The molecule has 0 bridgehead atoms. The Labute approximate surface area is 257 Å². The first-order chi connectivity index (χ1) is 21.5. The molecule has 4 N–H and O–H groups in total. The van der Waals surface area contributed by atoms with Gasteiger partial charge in [0.05, 0.1) is 40.2 Å². The number of likely N-dealkylation sites (N-methyl/N-ethyl adjacent to an activating group) is 1. The highest BCUT2D eigenvalue weighted by Gasteiger charge is 2.24. The Kier molecular flexibility index (Phi) is 7.71. The number of hydrogen-bond acceptors (Lipinski definition) is 8. The number of rotatable bonds is 8. The Morgan fingerprint density at radius 2 is 1.73 bits per heavy atom. The van der Waals surface area contributed by atoms with Crippen LogP contribution in [-0.4, -0.2) is 73.1 Å². The van der Waals surface area contributed by atoms with E-state index < -0.39 is 17.0 Å². The maximum absolute atomic E-state index is 16.2. The predicted molar refractivity (Wildman–Crippen MR) is 170 cm³/mol. The van der Waals surface area contributed by atoms with Crippen LogP contribution < -0.4 is 10.6 Å². The fourth-order valence-corrected chi connectivity index (χ4v) is 4.82. The molecule has 0 spiro atoms. The lowest BCUT2D eigenvalue weighted by Crippen LogP contribution is -2.27. The van der Waals surface area contributed by atoms with Crippen molar-refractivity contribution in [2.24, 2.45) is 5.41 Å². The number of benzene rings is 1. The van der Waals surface area contributed by atoms with Gasteiger partial charge in [0.15, 0.2) is 11.6 Å². The monoisotopic (exact) mass is 610 g/mol. The normalized spacial score (nSPS) is 11.9. The van der Waals surface area contributed by atoms with Gasteiger partial charge >= 0.3 is 0 Å². The molecule has 1 amide bonds. The molecule has 6 rings (SSSR count). The largest absolute Gasteiger partial charge is 0.384 e. The van der Waals surface area contributed by atoms with Gasteiger partial charge in [-0.05, 0) is 44.4 Å². The Morgan fingerprint density at radius 1 is 0.933 bits per heavy atom. The van der Waals surface area contributed by atoms with Crippen LogP contribution in [0.3, 0.4) is 0 Å². The zero-order chi connectivity index (χ0) is 31.9. The number of fused-ring (bicyclic) bond motifs is 2. The van der Waals surface area contributed by atoms with Gasteiger partial charge in [0, 0.05) is 47.7 Å². The summed E-state index contributed by atoms with van der Waals surface area (Å²) in [6.45, 7) is 6.82. The second kappa shape index (κ2) is 11.7. The maximum atomic E-state index is 16.2. The molecule has 0 fully saturated rings. The van der Waals surface area contributed by atoms with Crippen LogP contribution in [0.15, 0.2) is 55.1 Å². The van der Waals surface area contributed by atoms with E-state index in [1.54, 1.807) is 39.1 Å². The third-order valence-electron chi connectivity index (χ3n) is 7.18. The zero-order valence-electron chi connectivity index (χ0n) is 25.5. The quantitative estimate of drug-likeness (QED) is 0.168. The van der Waals surface area contributed by atoms with Crippen molar-refractivity contribution in [3.63, 3.8) is 0 Å². The van der Waals surface area contributed by atoms with Crippen LogP contribution in [0.5, 0.6) is 0 Å². The number of halogens is 2. The third kappa shape index (κ3) is 6.07. The number of amides is 1. The van der Waals surface area contributed by atoms with Crippen molar-refractivity contribution in [1.82, 2.24) is 40.0 Å². The summed E-state index contributed by atoms with van der Waals surface area (Å²) in [5.74, 6) is -0.941. The minimum Gasteiger partial charge on any atom is -0.384 e. The number of H-pyrrole nitrogens is 2. The van der Waals surface area contributed by atoms with E-state index in [-0.39, 0.29) is 22.7 Å². The molecule has 0 aliphatic rings. The van der Waals surface area contributed by atoms with Gasteiger partial charge in [0.25, 0.3) is 0 Å². The Hall–Kier alpha value is -5.30. The first-order valence-corrected chi connectivity index (χ1v) is 14.3. The highest BCUT2D eigenvalue weighted by molar-refractivity contribution is 5.98. The number of imidazole rings is 1. The molecule has 5 aromatic heterocycles. The van der Waals surface area contributed by atoms with E-state index in [0.29, 0.717) is 57.1 Å². The zero-order valence-corrected chi connectivity index (χ0v) is 25.5. The molecular formula is C32H32F2N10O. The first kappa shape index (κ1) is 29.8. The van der Waals surface area contributed by atoms with E-state index in [0.717, 1.165) is 6.54 Å². The highest BCUT2D eigenvalue weighted by Crippen LogP contribution is 2.35. The summed E-state index contributed by atoms with van der Waals surface area (Å²) in [5.41, 5.74) is 3.57. The van der Waals surface area contributed by atoms with Crippen LogP contribution in [0, 0.1) is 17.0 Å². The van der Waals surface area contributed by atoms with Gasteiger partial charge in [0.2, 0.25) is 5.91 Å². The molecule has 5 heterocycles. The molecular weight excluding hydrogens is 578 g/mol. The number of carbonyl (C=O) groups excluding carboxylic acids is 1. The van der Waals surface area contributed by atoms with Crippen LogP contribution in [0.4, 0.5) is 20.2 Å². The van der Waals surface area contributed by atoms with Gasteiger partial charge in [-0.2, -0.15) is 5.10 Å². The number of aromatic nitrogens is 7. The van der Waals surface area contributed by atoms with Gasteiger partial charge < -0.3 is 20.5 Å². The fourth-order valence-electron chi connectivity index (χ4n) is 4.82. The molecule has 1 aromatic carbocycles. The number of nitrogens with zero attached hydrogens (tertiary/aromatic N) is 6. The number of aromatic amines is 2. The van der Waals surface area contributed by atoms with E-state index in [9.17, 15) is 9.18 Å². The van der Waals surface area contributed by atoms with Gasteiger partial charge in [-0.25, -0.2) is 13.8 Å². The number of pyridine rings is 3. The maximum Gasteiger partial charge on any atom is 0.229 e. The van der Waals surface area contributed by atoms with Gasteiger partial charge in [-0.15, -0.1) is 0 Å². The summed E-state index contributed by atoms with van der Waals surface area (Å²) in [6.07, 6.45) is 6.06. The average molecular weight is 611 g/mol. The summed E-state index contributed by atoms with van der Waals surface area (Å²) in [7, 11) is 3.93. The fraction of sp³-hybridized carbons (Fsp3) is 0.250. The first-order valence-electron chi connectivity index (χ1n) is 14.3. The second-order valence-electron chi connectivity index (χ2n) is 12.0. The summed E-state index contributed by atoms with van der Waals surface area (Å²) in [6, 6.07) is 8.02. The van der Waals surface area contributed by atoms with Crippen LogP contribution in [0.2, 0.25) is 0 Å². The van der Waals surface area contributed by atoms with Crippen molar-refractivity contribution in [2.45, 2.75) is 20.8 Å². The molecule has 0 atom stereocenters.